The molecule has 13 heavy (non-hydrogen) atoms. The van der Waals surface area contributed by atoms with Crippen molar-refractivity contribution < 1.29 is 0 Å². The van der Waals surface area contributed by atoms with Crippen LogP contribution >= 0.6 is 15.9 Å². The SMILES string of the molecule is Cc1ccc(-c2ccc(Br)cc2)[se]1. The van der Waals surface area contributed by atoms with E-state index in [-0.39, 0.29) is 0 Å². The molecule has 0 nitrogen and oxygen atoms in total. The Bertz CT molecular complexity index is 400. The van der Waals surface area contributed by atoms with Gasteiger partial charge < -0.3 is 0 Å². The number of rotatable bonds is 1. The van der Waals surface area contributed by atoms with E-state index < -0.39 is 0 Å². The van der Waals surface area contributed by atoms with E-state index in [1.165, 1.54) is 14.4 Å². The molecule has 1 aromatic heterocycles. The molecule has 66 valence electrons. The summed E-state index contributed by atoms with van der Waals surface area (Å²) in [6, 6.07) is 13.0. The van der Waals surface area contributed by atoms with Crippen molar-refractivity contribution in [2.24, 2.45) is 0 Å². The van der Waals surface area contributed by atoms with Gasteiger partial charge >= 0.3 is 92.7 Å². The van der Waals surface area contributed by atoms with Gasteiger partial charge in [0.1, 0.15) is 0 Å². The molecule has 0 fully saturated rings. The molecule has 0 unspecified atom stereocenters. The molecule has 0 N–H and O–H groups in total. The average molecular weight is 300 g/mol. The van der Waals surface area contributed by atoms with Gasteiger partial charge in [0.05, 0.1) is 0 Å². The topological polar surface area (TPSA) is 0 Å². The fourth-order valence-electron chi connectivity index (χ4n) is 1.20. The van der Waals surface area contributed by atoms with Gasteiger partial charge in [0.15, 0.2) is 0 Å². The summed E-state index contributed by atoms with van der Waals surface area (Å²) in [7, 11) is 0. The Morgan fingerprint density at radius 1 is 1.00 bits per heavy atom. The molecule has 0 saturated carbocycles. The maximum absolute atomic E-state index is 3.44. The zero-order chi connectivity index (χ0) is 9.26. The van der Waals surface area contributed by atoms with E-state index in [9.17, 15) is 0 Å². The third-order valence-electron chi connectivity index (χ3n) is 1.87. The van der Waals surface area contributed by atoms with Crippen LogP contribution in [-0.4, -0.2) is 14.5 Å². The monoisotopic (exact) mass is 300 g/mol. The standard InChI is InChI=1S/C11H9BrSe/c1-8-2-7-11(13-8)9-3-5-10(12)6-4-9/h2-7H,1H3. The van der Waals surface area contributed by atoms with Crippen molar-refractivity contribution in [2.75, 3.05) is 0 Å². The third kappa shape index (κ3) is 2.14. The first-order chi connectivity index (χ1) is 6.25. The Morgan fingerprint density at radius 3 is 2.23 bits per heavy atom. The Hall–Kier alpha value is -0.301. The predicted molar refractivity (Wildman–Crippen MR) is 61.3 cm³/mol. The van der Waals surface area contributed by atoms with Gasteiger partial charge in [0.25, 0.3) is 0 Å². The fourth-order valence-corrected chi connectivity index (χ4v) is 3.30. The van der Waals surface area contributed by atoms with Crippen molar-refractivity contribution in [3.8, 4) is 10.0 Å². The quantitative estimate of drug-likeness (QED) is 0.707. The summed E-state index contributed by atoms with van der Waals surface area (Å²) >= 11 is 3.99. The van der Waals surface area contributed by atoms with E-state index in [2.05, 4.69) is 59.3 Å². The molecule has 1 heterocycles. The maximum atomic E-state index is 3.44. The first-order valence-electron chi connectivity index (χ1n) is 4.08. The first-order valence-corrected chi connectivity index (χ1v) is 6.59. The van der Waals surface area contributed by atoms with Crippen LogP contribution in [-0.2, 0) is 0 Å². The molecule has 0 aliphatic carbocycles. The van der Waals surface area contributed by atoms with Crippen LogP contribution in [0, 0.1) is 6.92 Å². The molecule has 0 aliphatic rings. The van der Waals surface area contributed by atoms with E-state index in [1.807, 2.05) is 0 Å². The van der Waals surface area contributed by atoms with Crippen LogP contribution in [0.5, 0.6) is 0 Å². The number of aryl methyl sites for hydroxylation is 1. The van der Waals surface area contributed by atoms with E-state index in [1.54, 1.807) is 0 Å². The first kappa shape index (κ1) is 9.26. The average Bonchev–Trinajstić information content (AvgIpc) is 2.53. The van der Waals surface area contributed by atoms with Crippen molar-refractivity contribution >= 4 is 30.4 Å². The molecular weight excluding hydrogens is 291 g/mol. The van der Waals surface area contributed by atoms with E-state index >= 15 is 0 Å². The molecule has 0 saturated heterocycles. The summed E-state index contributed by atoms with van der Waals surface area (Å²) in [5.41, 5.74) is 1.36. The second-order valence-corrected chi connectivity index (χ2v) is 6.53. The summed E-state index contributed by atoms with van der Waals surface area (Å²) < 4.78 is 4.13. The van der Waals surface area contributed by atoms with Crippen LogP contribution in [0.15, 0.2) is 40.9 Å². The second kappa shape index (κ2) is 3.83. The van der Waals surface area contributed by atoms with Gasteiger partial charge in [-0.05, 0) is 0 Å². The molecule has 0 bridgehead atoms. The molecule has 0 amide bonds. The molecule has 0 radical (unpaired) electrons. The molecule has 0 aliphatic heterocycles. The van der Waals surface area contributed by atoms with Crippen molar-refractivity contribution in [1.82, 2.24) is 0 Å². The van der Waals surface area contributed by atoms with Crippen molar-refractivity contribution in [2.45, 2.75) is 6.92 Å². The number of hydrogen-bond acceptors (Lipinski definition) is 0. The van der Waals surface area contributed by atoms with Crippen LogP contribution in [0.25, 0.3) is 10.0 Å². The minimum atomic E-state index is 0.549. The fraction of sp³-hybridized carbons (Fsp3) is 0.0909. The summed E-state index contributed by atoms with van der Waals surface area (Å²) in [6.45, 7) is 2.20. The molecular formula is C11H9BrSe. The number of hydrogen-bond donors (Lipinski definition) is 0. The van der Waals surface area contributed by atoms with Crippen LogP contribution in [0.1, 0.15) is 4.44 Å². The molecule has 1 aromatic carbocycles. The predicted octanol–water partition coefficient (Wildman–Crippen LogP) is 3.48. The Morgan fingerprint density at radius 2 is 1.69 bits per heavy atom. The third-order valence-corrected chi connectivity index (χ3v) is 4.60. The molecule has 2 heteroatoms. The van der Waals surface area contributed by atoms with E-state index in [0.29, 0.717) is 14.5 Å². The Balaban J connectivity index is 2.41. The van der Waals surface area contributed by atoms with Crippen molar-refractivity contribution in [3.63, 3.8) is 0 Å². The van der Waals surface area contributed by atoms with Gasteiger partial charge in [-0.2, -0.15) is 0 Å². The van der Waals surface area contributed by atoms with Crippen molar-refractivity contribution in [1.29, 1.82) is 0 Å². The van der Waals surface area contributed by atoms with Gasteiger partial charge in [-0.1, -0.05) is 0 Å². The summed E-state index contributed by atoms with van der Waals surface area (Å²) in [4.78, 5) is 0. The van der Waals surface area contributed by atoms with Crippen LogP contribution < -0.4 is 0 Å². The normalized spacial score (nSPS) is 10.3. The summed E-state index contributed by atoms with van der Waals surface area (Å²) in [6.07, 6.45) is 0. The molecule has 2 rings (SSSR count). The molecule has 2 aromatic rings. The number of benzene rings is 1. The van der Waals surface area contributed by atoms with E-state index in [0.717, 1.165) is 4.47 Å². The molecule has 0 spiro atoms. The minimum absolute atomic E-state index is 0.549. The van der Waals surface area contributed by atoms with Gasteiger partial charge in [-0.15, -0.1) is 0 Å². The van der Waals surface area contributed by atoms with E-state index in [4.69, 9.17) is 0 Å². The summed E-state index contributed by atoms with van der Waals surface area (Å²) in [5, 5.41) is 0. The van der Waals surface area contributed by atoms with Gasteiger partial charge in [0, 0.05) is 0 Å². The Labute approximate surface area is 92.5 Å². The van der Waals surface area contributed by atoms with Crippen molar-refractivity contribution in [3.05, 3.63) is 45.3 Å². The zero-order valence-corrected chi connectivity index (χ0v) is 10.5. The van der Waals surface area contributed by atoms with Crippen LogP contribution in [0.2, 0.25) is 0 Å². The van der Waals surface area contributed by atoms with Gasteiger partial charge in [-0.3, -0.25) is 0 Å². The number of halogens is 1. The zero-order valence-electron chi connectivity index (χ0n) is 7.25. The van der Waals surface area contributed by atoms with Crippen LogP contribution in [0.3, 0.4) is 0 Å². The molecule has 0 atom stereocenters. The summed E-state index contributed by atoms with van der Waals surface area (Å²) in [5.74, 6) is 0. The van der Waals surface area contributed by atoms with Gasteiger partial charge in [0.2, 0.25) is 0 Å². The Kier molecular flexibility index (Phi) is 2.73. The second-order valence-electron chi connectivity index (χ2n) is 2.92. The van der Waals surface area contributed by atoms with Gasteiger partial charge in [-0.25, -0.2) is 0 Å². The van der Waals surface area contributed by atoms with Crippen LogP contribution in [0.4, 0.5) is 0 Å².